The van der Waals surface area contributed by atoms with E-state index in [-0.39, 0.29) is 11.6 Å². The first-order valence-corrected chi connectivity index (χ1v) is 9.67. The lowest BCUT2D eigenvalue weighted by molar-refractivity contribution is 0.135. The van der Waals surface area contributed by atoms with Gasteiger partial charge in [0, 0.05) is 29.9 Å². The molecule has 1 aliphatic rings. The summed E-state index contributed by atoms with van der Waals surface area (Å²) in [7, 11) is 1.72. The van der Waals surface area contributed by atoms with Gasteiger partial charge in [0.2, 0.25) is 0 Å². The van der Waals surface area contributed by atoms with Gasteiger partial charge < -0.3 is 4.74 Å². The SMILES string of the molecule is CCc1cc(=O)n2[nH]c(C3CCCCN3Cc3ccccc3OC)cc2n1. The zero-order valence-electron chi connectivity index (χ0n) is 15.9. The number of nitrogens with zero attached hydrogens (tertiary/aromatic N) is 3. The van der Waals surface area contributed by atoms with Crippen LogP contribution in [0.4, 0.5) is 0 Å². The van der Waals surface area contributed by atoms with Gasteiger partial charge in [-0.15, -0.1) is 0 Å². The molecule has 1 aliphatic heterocycles. The minimum atomic E-state index is -0.0461. The molecule has 27 heavy (non-hydrogen) atoms. The average Bonchev–Trinajstić information content (AvgIpc) is 3.13. The zero-order valence-corrected chi connectivity index (χ0v) is 15.9. The summed E-state index contributed by atoms with van der Waals surface area (Å²) in [5, 5.41) is 3.30. The monoisotopic (exact) mass is 366 g/mol. The number of fused-ring (bicyclic) bond motifs is 1. The number of para-hydroxylation sites is 1. The smallest absolute Gasteiger partial charge is 0.272 e. The Labute approximate surface area is 158 Å². The van der Waals surface area contributed by atoms with Crippen LogP contribution in [0, 0.1) is 0 Å². The first kappa shape index (κ1) is 17.8. The molecule has 1 fully saturated rings. The van der Waals surface area contributed by atoms with Gasteiger partial charge in [-0.25, -0.2) is 9.50 Å². The Balaban J connectivity index is 1.67. The standard InChI is InChI=1S/C21H26N4O2/c1-3-16-12-21(26)25-20(22-16)13-17(23-25)18-9-6-7-11-24(18)14-15-8-4-5-10-19(15)27-2/h4-5,8,10,12-13,18,23H,3,6-7,9,11,14H2,1-2H3. The number of H-pyrrole nitrogens is 1. The molecule has 1 atom stereocenters. The lowest BCUT2D eigenvalue weighted by atomic mass is 9.98. The van der Waals surface area contributed by atoms with E-state index in [4.69, 9.17) is 4.74 Å². The van der Waals surface area contributed by atoms with Crippen LogP contribution in [-0.4, -0.2) is 33.2 Å². The Morgan fingerprint density at radius 1 is 1.26 bits per heavy atom. The molecule has 0 radical (unpaired) electrons. The average molecular weight is 366 g/mol. The van der Waals surface area contributed by atoms with Gasteiger partial charge in [0.25, 0.3) is 5.56 Å². The molecule has 1 N–H and O–H groups in total. The quantitative estimate of drug-likeness (QED) is 0.752. The summed E-state index contributed by atoms with van der Waals surface area (Å²) < 4.78 is 7.09. The fourth-order valence-corrected chi connectivity index (χ4v) is 4.00. The third kappa shape index (κ3) is 3.49. The highest BCUT2D eigenvalue weighted by molar-refractivity contribution is 5.41. The molecule has 0 spiro atoms. The molecule has 1 aromatic carbocycles. The number of piperidine rings is 1. The van der Waals surface area contributed by atoms with E-state index < -0.39 is 0 Å². The van der Waals surface area contributed by atoms with Crippen molar-refractivity contribution in [2.75, 3.05) is 13.7 Å². The van der Waals surface area contributed by atoms with Crippen LogP contribution in [0.2, 0.25) is 0 Å². The van der Waals surface area contributed by atoms with Crippen LogP contribution in [0.15, 0.2) is 41.2 Å². The van der Waals surface area contributed by atoms with Crippen molar-refractivity contribution in [3.05, 3.63) is 63.7 Å². The summed E-state index contributed by atoms with van der Waals surface area (Å²) in [6.45, 7) is 3.87. The predicted octanol–water partition coefficient (Wildman–Crippen LogP) is 3.32. The largest absolute Gasteiger partial charge is 0.496 e. The molecule has 4 rings (SSSR count). The van der Waals surface area contributed by atoms with Crippen LogP contribution in [0.5, 0.6) is 5.75 Å². The molecule has 1 unspecified atom stereocenters. The van der Waals surface area contributed by atoms with Crippen molar-refractivity contribution in [2.24, 2.45) is 0 Å². The van der Waals surface area contributed by atoms with Gasteiger partial charge in [-0.3, -0.25) is 14.8 Å². The van der Waals surface area contributed by atoms with Crippen LogP contribution in [-0.2, 0) is 13.0 Å². The Bertz CT molecular complexity index is 991. The Morgan fingerprint density at radius 3 is 2.93 bits per heavy atom. The second-order valence-electron chi connectivity index (χ2n) is 7.14. The number of aromatic amines is 1. The normalized spacial score (nSPS) is 18.1. The molecule has 0 aliphatic carbocycles. The van der Waals surface area contributed by atoms with Gasteiger partial charge in [0.15, 0.2) is 5.65 Å². The van der Waals surface area contributed by atoms with Crippen molar-refractivity contribution in [3.8, 4) is 5.75 Å². The van der Waals surface area contributed by atoms with Crippen molar-refractivity contribution in [3.63, 3.8) is 0 Å². The first-order chi connectivity index (χ1) is 13.2. The summed E-state index contributed by atoms with van der Waals surface area (Å²) >= 11 is 0. The third-order valence-corrected chi connectivity index (χ3v) is 5.42. The van der Waals surface area contributed by atoms with E-state index in [0.717, 1.165) is 43.1 Å². The number of hydrogen-bond donors (Lipinski definition) is 1. The second kappa shape index (κ2) is 7.56. The highest BCUT2D eigenvalue weighted by Gasteiger charge is 2.26. The summed E-state index contributed by atoms with van der Waals surface area (Å²) in [4.78, 5) is 19.4. The van der Waals surface area contributed by atoms with Gasteiger partial charge in [-0.05, 0) is 31.9 Å². The van der Waals surface area contributed by atoms with E-state index in [2.05, 4.69) is 27.1 Å². The molecule has 6 nitrogen and oxygen atoms in total. The van der Waals surface area contributed by atoms with E-state index in [9.17, 15) is 4.79 Å². The summed E-state index contributed by atoms with van der Waals surface area (Å²) in [6, 6.07) is 12.1. The van der Waals surface area contributed by atoms with Crippen LogP contribution in [0.25, 0.3) is 5.65 Å². The van der Waals surface area contributed by atoms with Gasteiger partial charge in [-0.1, -0.05) is 31.5 Å². The summed E-state index contributed by atoms with van der Waals surface area (Å²) in [5.41, 5.74) is 3.74. The predicted molar refractivity (Wildman–Crippen MR) is 105 cm³/mol. The molecule has 1 saturated heterocycles. The van der Waals surface area contributed by atoms with Crippen molar-refractivity contribution >= 4 is 5.65 Å². The third-order valence-electron chi connectivity index (χ3n) is 5.42. The van der Waals surface area contributed by atoms with Crippen LogP contribution >= 0.6 is 0 Å². The van der Waals surface area contributed by atoms with Crippen molar-refractivity contribution in [2.45, 2.75) is 45.2 Å². The molecular weight excluding hydrogens is 340 g/mol. The second-order valence-corrected chi connectivity index (χ2v) is 7.14. The van der Waals surface area contributed by atoms with Gasteiger partial charge in [0.1, 0.15) is 5.75 Å². The van der Waals surface area contributed by atoms with E-state index in [0.29, 0.717) is 5.65 Å². The number of aromatic nitrogens is 3. The van der Waals surface area contributed by atoms with E-state index in [1.807, 2.05) is 25.1 Å². The maximum atomic E-state index is 12.4. The maximum Gasteiger partial charge on any atom is 0.272 e. The van der Waals surface area contributed by atoms with Crippen LogP contribution in [0.3, 0.4) is 0 Å². The van der Waals surface area contributed by atoms with Gasteiger partial charge in [0.05, 0.1) is 18.8 Å². The fourth-order valence-electron chi connectivity index (χ4n) is 4.00. The van der Waals surface area contributed by atoms with E-state index >= 15 is 0 Å². The number of nitrogens with one attached hydrogen (secondary N) is 1. The molecule has 6 heteroatoms. The molecule has 2 aromatic heterocycles. The Kier molecular flexibility index (Phi) is 4.99. The lowest BCUT2D eigenvalue weighted by Gasteiger charge is -2.35. The Hall–Kier alpha value is -2.60. The molecule has 0 amide bonds. The van der Waals surface area contributed by atoms with Crippen LogP contribution < -0.4 is 10.3 Å². The summed E-state index contributed by atoms with van der Waals surface area (Å²) in [6.07, 6.45) is 4.20. The first-order valence-electron chi connectivity index (χ1n) is 9.67. The van der Waals surface area contributed by atoms with E-state index in [1.165, 1.54) is 18.4 Å². The molecule has 0 saturated carbocycles. The molecule has 0 bridgehead atoms. The maximum absolute atomic E-state index is 12.4. The fraction of sp³-hybridized carbons (Fsp3) is 0.429. The number of hydrogen-bond acceptors (Lipinski definition) is 4. The summed E-state index contributed by atoms with van der Waals surface area (Å²) in [5.74, 6) is 0.920. The van der Waals surface area contributed by atoms with E-state index in [1.54, 1.807) is 17.7 Å². The minimum Gasteiger partial charge on any atom is -0.496 e. The number of rotatable bonds is 5. The van der Waals surface area contributed by atoms with Crippen molar-refractivity contribution < 1.29 is 4.74 Å². The highest BCUT2D eigenvalue weighted by atomic mass is 16.5. The highest BCUT2D eigenvalue weighted by Crippen LogP contribution is 2.33. The van der Waals surface area contributed by atoms with Crippen LogP contribution in [0.1, 0.15) is 49.2 Å². The Morgan fingerprint density at radius 2 is 2.11 bits per heavy atom. The molecule has 3 heterocycles. The number of ether oxygens (including phenoxy) is 1. The number of aryl methyl sites for hydroxylation is 1. The molecule has 142 valence electrons. The molecular formula is C21H26N4O2. The van der Waals surface area contributed by atoms with Gasteiger partial charge >= 0.3 is 0 Å². The minimum absolute atomic E-state index is 0.0461. The lowest BCUT2D eigenvalue weighted by Crippen LogP contribution is -2.33. The van der Waals surface area contributed by atoms with Crippen molar-refractivity contribution in [1.29, 1.82) is 0 Å². The van der Waals surface area contributed by atoms with Gasteiger partial charge in [-0.2, -0.15) is 0 Å². The van der Waals surface area contributed by atoms with Crippen molar-refractivity contribution in [1.82, 2.24) is 19.5 Å². The zero-order chi connectivity index (χ0) is 18.8. The molecule has 3 aromatic rings. The number of benzene rings is 1. The topological polar surface area (TPSA) is 62.6 Å². The number of likely N-dealkylation sites (tertiary alicyclic amines) is 1. The number of methoxy groups -OCH3 is 1.